The second kappa shape index (κ2) is 8.64. The van der Waals surface area contributed by atoms with E-state index in [-0.39, 0.29) is 17.7 Å². The molecule has 1 aliphatic carbocycles. The molecule has 2 N–H and O–H groups in total. The van der Waals surface area contributed by atoms with Crippen LogP contribution in [0, 0.1) is 11.7 Å². The molecule has 2 aliphatic rings. The number of amides is 1. The Bertz CT molecular complexity index is 946. The van der Waals surface area contributed by atoms with Gasteiger partial charge in [-0.25, -0.2) is 19.2 Å². The fraction of sp³-hybridized carbons (Fsp3) is 0.429. The van der Waals surface area contributed by atoms with E-state index in [1.54, 1.807) is 24.3 Å². The van der Waals surface area contributed by atoms with E-state index in [9.17, 15) is 14.0 Å². The highest BCUT2D eigenvalue weighted by Gasteiger charge is 2.26. The van der Waals surface area contributed by atoms with Gasteiger partial charge in [-0.3, -0.25) is 9.69 Å². The highest BCUT2D eigenvalue weighted by molar-refractivity contribution is 5.89. The second-order valence-corrected chi connectivity index (χ2v) is 7.59. The number of hydrogen-bond acceptors (Lipinski definition) is 6. The summed E-state index contributed by atoms with van der Waals surface area (Å²) >= 11 is 0. The first-order valence-corrected chi connectivity index (χ1v) is 10.1. The maximum atomic E-state index is 14.5. The molecule has 2 fully saturated rings. The van der Waals surface area contributed by atoms with Crippen LogP contribution in [-0.4, -0.2) is 46.3 Å². The molecular formula is C21H23FN4O4. The van der Waals surface area contributed by atoms with Gasteiger partial charge in [-0.05, 0) is 44.2 Å². The molecule has 0 atom stereocenters. The van der Waals surface area contributed by atoms with Crippen LogP contribution in [-0.2, 0) is 9.53 Å². The van der Waals surface area contributed by atoms with E-state index in [1.165, 1.54) is 4.90 Å². The van der Waals surface area contributed by atoms with Crippen molar-refractivity contribution < 1.29 is 23.8 Å². The summed E-state index contributed by atoms with van der Waals surface area (Å²) < 4.78 is 19.6. The van der Waals surface area contributed by atoms with Crippen molar-refractivity contribution in [1.82, 2.24) is 9.97 Å². The Morgan fingerprint density at radius 2 is 2.07 bits per heavy atom. The number of hydrogen-bond donors (Lipinski definition) is 2. The van der Waals surface area contributed by atoms with Gasteiger partial charge in [0.25, 0.3) is 0 Å². The Kier molecular flexibility index (Phi) is 5.78. The summed E-state index contributed by atoms with van der Waals surface area (Å²) in [7, 11) is 0. The van der Waals surface area contributed by atoms with Crippen molar-refractivity contribution in [3.05, 3.63) is 36.3 Å². The molecule has 1 saturated carbocycles. The smallest absolute Gasteiger partial charge is 0.414 e. The number of anilines is 2. The normalized spacial score (nSPS) is 21.8. The van der Waals surface area contributed by atoms with Crippen molar-refractivity contribution in [2.75, 3.05) is 23.4 Å². The van der Waals surface area contributed by atoms with Crippen LogP contribution in [0.1, 0.15) is 32.1 Å². The van der Waals surface area contributed by atoms with Crippen LogP contribution < -0.4 is 10.2 Å². The molecule has 1 aliphatic heterocycles. The number of halogens is 1. The number of aromatic nitrogens is 2. The SMILES string of the molecule is O=C(O)C1CCC(Nc2ncc(F)c(-c3cccc(N4CCCOC4=O)c3)n2)CC1. The van der Waals surface area contributed by atoms with Crippen LogP contribution in [0.25, 0.3) is 11.3 Å². The van der Waals surface area contributed by atoms with E-state index < -0.39 is 17.9 Å². The van der Waals surface area contributed by atoms with Gasteiger partial charge in [0, 0.05) is 23.8 Å². The molecule has 2 aromatic rings. The third-order valence-corrected chi connectivity index (χ3v) is 5.56. The second-order valence-electron chi connectivity index (χ2n) is 7.59. The molecule has 158 valence electrons. The molecule has 0 spiro atoms. The van der Waals surface area contributed by atoms with Crippen molar-refractivity contribution in [2.24, 2.45) is 5.92 Å². The molecule has 4 rings (SSSR count). The molecule has 1 amide bonds. The van der Waals surface area contributed by atoms with Gasteiger partial charge in [0.05, 0.1) is 18.7 Å². The molecule has 0 radical (unpaired) electrons. The molecule has 8 nitrogen and oxygen atoms in total. The largest absolute Gasteiger partial charge is 0.481 e. The average Bonchev–Trinajstić information content (AvgIpc) is 2.76. The van der Waals surface area contributed by atoms with Crippen LogP contribution >= 0.6 is 0 Å². The van der Waals surface area contributed by atoms with Gasteiger partial charge in [-0.15, -0.1) is 0 Å². The molecule has 1 aromatic carbocycles. The molecule has 2 heterocycles. The Hall–Kier alpha value is -3.23. The first kappa shape index (κ1) is 20.1. The number of carbonyl (C=O) groups excluding carboxylic acids is 1. The number of aliphatic carboxylic acids is 1. The number of rotatable bonds is 5. The third-order valence-electron chi connectivity index (χ3n) is 5.56. The number of nitrogens with zero attached hydrogens (tertiary/aromatic N) is 3. The fourth-order valence-electron chi connectivity index (χ4n) is 3.91. The summed E-state index contributed by atoms with van der Waals surface area (Å²) in [6.07, 6.45) is 4.01. The number of carbonyl (C=O) groups is 2. The summed E-state index contributed by atoms with van der Waals surface area (Å²) in [5.41, 5.74) is 1.29. The number of benzene rings is 1. The minimum Gasteiger partial charge on any atom is -0.481 e. The van der Waals surface area contributed by atoms with Crippen LogP contribution in [0.15, 0.2) is 30.5 Å². The van der Waals surface area contributed by atoms with E-state index in [4.69, 9.17) is 9.84 Å². The predicted molar refractivity (Wildman–Crippen MR) is 108 cm³/mol. The van der Waals surface area contributed by atoms with Gasteiger partial charge in [-0.1, -0.05) is 12.1 Å². The highest BCUT2D eigenvalue weighted by Crippen LogP contribution is 2.29. The predicted octanol–water partition coefficient (Wildman–Crippen LogP) is 3.68. The minimum absolute atomic E-state index is 0.0494. The van der Waals surface area contributed by atoms with E-state index >= 15 is 0 Å². The van der Waals surface area contributed by atoms with Gasteiger partial charge in [0.2, 0.25) is 5.95 Å². The number of carboxylic acids is 1. The lowest BCUT2D eigenvalue weighted by molar-refractivity contribution is -0.142. The molecule has 1 aromatic heterocycles. The van der Waals surface area contributed by atoms with Gasteiger partial charge in [0.1, 0.15) is 5.69 Å². The average molecular weight is 414 g/mol. The zero-order valence-electron chi connectivity index (χ0n) is 16.4. The summed E-state index contributed by atoms with van der Waals surface area (Å²) in [5, 5.41) is 12.3. The molecular weight excluding hydrogens is 391 g/mol. The minimum atomic E-state index is -0.758. The van der Waals surface area contributed by atoms with E-state index in [0.717, 1.165) is 12.6 Å². The highest BCUT2D eigenvalue weighted by atomic mass is 19.1. The van der Waals surface area contributed by atoms with Gasteiger partial charge in [-0.2, -0.15) is 0 Å². The summed E-state index contributed by atoms with van der Waals surface area (Å²) in [5.74, 6) is -1.33. The fourth-order valence-corrected chi connectivity index (χ4v) is 3.91. The third kappa shape index (κ3) is 4.34. The standard InChI is InChI=1S/C21H23FN4O4/c22-17-12-23-20(24-15-7-5-13(6-8-15)19(27)28)25-18(17)14-3-1-4-16(11-14)26-9-2-10-30-21(26)29/h1,3-4,11-13,15H,2,5-10H2,(H,27,28)(H,23,24,25). The van der Waals surface area contributed by atoms with Crippen molar-refractivity contribution in [3.63, 3.8) is 0 Å². The first-order valence-electron chi connectivity index (χ1n) is 10.1. The summed E-state index contributed by atoms with van der Waals surface area (Å²) in [4.78, 5) is 33.0. The van der Waals surface area contributed by atoms with Crippen LogP contribution in [0.3, 0.4) is 0 Å². The van der Waals surface area contributed by atoms with Gasteiger partial charge >= 0.3 is 12.1 Å². The van der Waals surface area contributed by atoms with Crippen molar-refractivity contribution >= 4 is 23.7 Å². The Morgan fingerprint density at radius 1 is 1.27 bits per heavy atom. The van der Waals surface area contributed by atoms with Gasteiger partial charge in [0.15, 0.2) is 5.82 Å². The van der Waals surface area contributed by atoms with Gasteiger partial charge < -0.3 is 15.2 Å². The van der Waals surface area contributed by atoms with E-state index in [2.05, 4.69) is 15.3 Å². The maximum Gasteiger partial charge on any atom is 0.414 e. The summed E-state index contributed by atoms with van der Waals surface area (Å²) in [6, 6.07) is 7.00. The van der Waals surface area contributed by atoms with E-state index in [1.807, 2.05) is 0 Å². The lowest BCUT2D eigenvalue weighted by atomic mass is 9.86. The quantitative estimate of drug-likeness (QED) is 0.769. The number of ether oxygens (including phenoxy) is 1. The van der Waals surface area contributed by atoms with Crippen molar-refractivity contribution in [1.29, 1.82) is 0 Å². The zero-order valence-corrected chi connectivity index (χ0v) is 16.4. The summed E-state index contributed by atoms with van der Waals surface area (Å²) in [6.45, 7) is 0.944. The molecule has 30 heavy (non-hydrogen) atoms. The molecule has 0 unspecified atom stereocenters. The van der Waals surface area contributed by atoms with E-state index in [0.29, 0.717) is 56.0 Å². The molecule has 9 heteroatoms. The number of cyclic esters (lactones) is 1. The molecule has 0 bridgehead atoms. The Labute approximate surface area is 173 Å². The Morgan fingerprint density at radius 3 is 2.80 bits per heavy atom. The van der Waals surface area contributed by atoms with Crippen LogP contribution in [0.2, 0.25) is 0 Å². The van der Waals surface area contributed by atoms with Crippen molar-refractivity contribution in [3.8, 4) is 11.3 Å². The zero-order chi connectivity index (χ0) is 21.1. The monoisotopic (exact) mass is 414 g/mol. The number of carboxylic acid groups (broad SMARTS) is 1. The lowest BCUT2D eigenvalue weighted by Gasteiger charge is -2.27. The topological polar surface area (TPSA) is 105 Å². The van der Waals surface area contributed by atoms with Crippen LogP contribution in [0.5, 0.6) is 0 Å². The Balaban J connectivity index is 1.52. The first-order chi connectivity index (χ1) is 14.5. The lowest BCUT2D eigenvalue weighted by Crippen LogP contribution is -2.37. The molecule has 1 saturated heterocycles. The van der Waals surface area contributed by atoms with Crippen molar-refractivity contribution in [2.45, 2.75) is 38.1 Å². The van der Waals surface area contributed by atoms with Crippen LogP contribution in [0.4, 0.5) is 20.8 Å². The number of nitrogens with one attached hydrogen (secondary N) is 1. The maximum absolute atomic E-state index is 14.5.